The molecule has 2 heterocycles. The van der Waals surface area contributed by atoms with Crippen molar-refractivity contribution in [2.24, 2.45) is 0 Å². The van der Waals surface area contributed by atoms with Crippen LogP contribution in [-0.2, 0) is 6.18 Å². The molecular formula is C18H18F3N3O4. The number of halogens is 3. The number of benzene rings is 1. The van der Waals surface area contributed by atoms with Crippen molar-refractivity contribution in [2.45, 2.75) is 12.3 Å². The van der Waals surface area contributed by atoms with Crippen LogP contribution < -0.4 is 19.5 Å². The number of alkyl halides is 3. The van der Waals surface area contributed by atoms with Crippen molar-refractivity contribution in [3.63, 3.8) is 0 Å². The third-order valence-electron chi connectivity index (χ3n) is 4.09. The number of nitrogens with one attached hydrogen (secondary N) is 1. The Labute approximate surface area is 159 Å². The number of hydrogen-bond donors (Lipinski definition) is 1. The van der Waals surface area contributed by atoms with Crippen molar-refractivity contribution < 1.29 is 32.2 Å². The van der Waals surface area contributed by atoms with E-state index in [-0.39, 0.29) is 31.1 Å². The molecule has 10 heteroatoms. The first kappa shape index (κ1) is 19.6. The largest absolute Gasteiger partial charge is 0.497 e. The molecule has 0 aliphatic carbocycles. The Hall–Kier alpha value is -3.17. The minimum atomic E-state index is -4.44. The molecular weight excluding hydrogens is 379 g/mol. The molecule has 0 atom stereocenters. The van der Waals surface area contributed by atoms with Crippen LogP contribution in [0.2, 0.25) is 0 Å². The molecule has 1 saturated heterocycles. The van der Waals surface area contributed by atoms with Gasteiger partial charge >= 0.3 is 12.2 Å². The van der Waals surface area contributed by atoms with Crippen molar-refractivity contribution in [1.29, 1.82) is 0 Å². The lowest BCUT2D eigenvalue weighted by Gasteiger charge is -2.38. The second kappa shape index (κ2) is 7.83. The quantitative estimate of drug-likeness (QED) is 0.837. The van der Waals surface area contributed by atoms with Crippen molar-refractivity contribution in [3.8, 4) is 17.4 Å². The summed E-state index contributed by atoms with van der Waals surface area (Å²) in [6.07, 6.45) is -4.07. The Morgan fingerprint density at radius 3 is 2.29 bits per heavy atom. The van der Waals surface area contributed by atoms with Crippen LogP contribution in [0.25, 0.3) is 0 Å². The molecule has 1 aliphatic rings. The zero-order chi connectivity index (χ0) is 20.3. The minimum Gasteiger partial charge on any atom is -0.497 e. The van der Waals surface area contributed by atoms with E-state index >= 15 is 0 Å². The zero-order valence-corrected chi connectivity index (χ0v) is 15.1. The van der Waals surface area contributed by atoms with Gasteiger partial charge in [0.15, 0.2) is 0 Å². The summed E-state index contributed by atoms with van der Waals surface area (Å²) >= 11 is 0. The van der Waals surface area contributed by atoms with Gasteiger partial charge in [0.1, 0.15) is 17.6 Å². The first-order valence-electron chi connectivity index (χ1n) is 8.27. The Balaban J connectivity index is 1.52. The first-order chi connectivity index (χ1) is 13.3. The molecule has 1 N–H and O–H groups in total. The lowest BCUT2D eigenvalue weighted by Crippen LogP contribution is -2.57. The fourth-order valence-electron chi connectivity index (χ4n) is 2.55. The molecule has 0 radical (unpaired) electrons. The zero-order valence-electron chi connectivity index (χ0n) is 15.1. The fraction of sp³-hybridized carbons (Fsp3) is 0.333. The number of ether oxygens (including phenoxy) is 3. The van der Waals surface area contributed by atoms with Crippen LogP contribution in [0, 0.1) is 0 Å². The Kier molecular flexibility index (Phi) is 5.48. The van der Waals surface area contributed by atoms with E-state index in [9.17, 15) is 18.0 Å². The molecule has 2 aromatic rings. The van der Waals surface area contributed by atoms with Crippen molar-refractivity contribution in [3.05, 3.63) is 42.1 Å². The number of likely N-dealkylation sites (tertiary alicyclic amines) is 1. The SMILES string of the molecule is COc1cc(NC(=O)N2CC(Oc3ccc(C(F)(F)F)cn3)C2)cc(OC)c1. The molecule has 150 valence electrons. The van der Waals surface area contributed by atoms with Gasteiger partial charge < -0.3 is 24.4 Å². The molecule has 1 aliphatic heterocycles. The third kappa shape index (κ3) is 4.56. The maximum Gasteiger partial charge on any atom is 0.417 e. The topological polar surface area (TPSA) is 72.9 Å². The standard InChI is InChI=1S/C18H18F3N3O4/c1-26-13-5-12(6-14(7-13)27-2)23-17(25)24-9-15(10-24)28-16-4-3-11(8-22-16)18(19,20)21/h3-8,15H,9-10H2,1-2H3,(H,23,25). The minimum absolute atomic E-state index is 0.0793. The molecule has 3 rings (SSSR count). The summed E-state index contributed by atoms with van der Waals surface area (Å²) in [4.78, 5) is 17.4. The average molecular weight is 397 g/mol. The Morgan fingerprint density at radius 2 is 1.79 bits per heavy atom. The van der Waals surface area contributed by atoms with Gasteiger partial charge in [-0.2, -0.15) is 13.2 Å². The smallest absolute Gasteiger partial charge is 0.417 e. The van der Waals surface area contributed by atoms with E-state index in [1.165, 1.54) is 19.1 Å². The van der Waals surface area contributed by atoms with Crippen LogP contribution in [0.5, 0.6) is 17.4 Å². The summed E-state index contributed by atoms with van der Waals surface area (Å²) in [7, 11) is 3.01. The van der Waals surface area contributed by atoms with E-state index in [4.69, 9.17) is 14.2 Å². The Morgan fingerprint density at radius 1 is 1.14 bits per heavy atom. The maximum absolute atomic E-state index is 12.5. The summed E-state index contributed by atoms with van der Waals surface area (Å²) in [5, 5.41) is 2.73. The predicted molar refractivity (Wildman–Crippen MR) is 93.8 cm³/mol. The maximum atomic E-state index is 12.5. The molecule has 28 heavy (non-hydrogen) atoms. The normalized spacial score (nSPS) is 14.2. The average Bonchev–Trinajstić information content (AvgIpc) is 2.63. The van der Waals surface area contributed by atoms with E-state index in [1.54, 1.807) is 18.2 Å². The number of methoxy groups -OCH3 is 2. The Bertz CT molecular complexity index is 815. The van der Waals surface area contributed by atoms with Gasteiger partial charge in [-0.25, -0.2) is 9.78 Å². The highest BCUT2D eigenvalue weighted by atomic mass is 19.4. The number of carbonyl (C=O) groups excluding carboxylic acids is 1. The van der Waals surface area contributed by atoms with E-state index in [0.717, 1.165) is 12.1 Å². The summed E-state index contributed by atoms with van der Waals surface area (Å²) in [5.41, 5.74) is -0.335. The van der Waals surface area contributed by atoms with Crippen molar-refractivity contribution >= 4 is 11.7 Å². The van der Waals surface area contributed by atoms with Gasteiger partial charge in [0.2, 0.25) is 5.88 Å². The number of pyridine rings is 1. The molecule has 7 nitrogen and oxygen atoms in total. The fourth-order valence-corrected chi connectivity index (χ4v) is 2.55. The number of carbonyl (C=O) groups is 1. The van der Waals surface area contributed by atoms with Crippen molar-refractivity contribution in [1.82, 2.24) is 9.88 Å². The van der Waals surface area contributed by atoms with Crippen LogP contribution in [0.4, 0.5) is 23.7 Å². The van der Waals surface area contributed by atoms with E-state index < -0.39 is 11.7 Å². The molecule has 0 unspecified atom stereocenters. The van der Waals surface area contributed by atoms with E-state index in [1.807, 2.05) is 0 Å². The number of hydrogen-bond acceptors (Lipinski definition) is 5. The van der Waals surface area contributed by atoms with Crippen LogP contribution >= 0.6 is 0 Å². The molecule has 1 aromatic heterocycles. The van der Waals surface area contributed by atoms with Gasteiger partial charge in [-0.05, 0) is 6.07 Å². The van der Waals surface area contributed by atoms with E-state index in [0.29, 0.717) is 23.4 Å². The lowest BCUT2D eigenvalue weighted by atomic mass is 10.2. The summed E-state index contributed by atoms with van der Waals surface area (Å²) in [5.74, 6) is 1.15. The lowest BCUT2D eigenvalue weighted by molar-refractivity contribution is -0.137. The molecule has 0 saturated carbocycles. The number of aromatic nitrogens is 1. The summed E-state index contributed by atoms with van der Waals surface area (Å²) < 4.78 is 53.4. The molecule has 0 bridgehead atoms. The number of amides is 2. The van der Waals surface area contributed by atoms with Crippen LogP contribution in [0.3, 0.4) is 0 Å². The number of nitrogens with zero attached hydrogens (tertiary/aromatic N) is 2. The number of anilines is 1. The third-order valence-corrected chi connectivity index (χ3v) is 4.09. The number of urea groups is 1. The molecule has 0 spiro atoms. The highest BCUT2D eigenvalue weighted by Crippen LogP contribution is 2.30. The summed E-state index contributed by atoms with van der Waals surface area (Å²) in [6, 6.07) is 6.71. The van der Waals surface area contributed by atoms with E-state index in [2.05, 4.69) is 10.3 Å². The van der Waals surface area contributed by atoms with Crippen LogP contribution in [-0.4, -0.2) is 49.3 Å². The van der Waals surface area contributed by atoms with Gasteiger partial charge in [-0.15, -0.1) is 0 Å². The van der Waals surface area contributed by atoms with Gasteiger partial charge in [0, 0.05) is 36.1 Å². The van der Waals surface area contributed by atoms with Gasteiger partial charge in [0.25, 0.3) is 0 Å². The van der Waals surface area contributed by atoms with Crippen molar-refractivity contribution in [2.75, 3.05) is 32.6 Å². The van der Waals surface area contributed by atoms with Gasteiger partial charge in [-0.3, -0.25) is 0 Å². The highest BCUT2D eigenvalue weighted by molar-refractivity contribution is 5.90. The molecule has 1 fully saturated rings. The highest BCUT2D eigenvalue weighted by Gasteiger charge is 2.34. The monoisotopic (exact) mass is 397 g/mol. The predicted octanol–water partition coefficient (Wildman–Crippen LogP) is 3.41. The van der Waals surface area contributed by atoms with Crippen LogP contribution in [0.1, 0.15) is 5.56 Å². The molecule has 1 aromatic carbocycles. The van der Waals surface area contributed by atoms with Crippen LogP contribution in [0.15, 0.2) is 36.5 Å². The first-order valence-corrected chi connectivity index (χ1v) is 8.27. The summed E-state index contributed by atoms with van der Waals surface area (Å²) in [6.45, 7) is 0.575. The second-order valence-corrected chi connectivity index (χ2v) is 6.06. The second-order valence-electron chi connectivity index (χ2n) is 6.06. The van der Waals surface area contributed by atoms with Gasteiger partial charge in [0.05, 0.1) is 32.9 Å². The van der Waals surface area contributed by atoms with Gasteiger partial charge in [-0.1, -0.05) is 0 Å². The molecule has 2 amide bonds. The number of rotatable bonds is 5.